The van der Waals surface area contributed by atoms with Gasteiger partial charge in [-0.2, -0.15) is 0 Å². The molecule has 1 unspecified atom stereocenters. The highest BCUT2D eigenvalue weighted by molar-refractivity contribution is 7.18. The SMILES string of the molecule is O=c1[nH]c(C[NH+](Cc2ccco2)Cc2cccs2)nc2sc3c(c12)CCC3. The fraction of sp³-hybridized carbons (Fsp3) is 0.300. The molecule has 7 heteroatoms. The summed E-state index contributed by atoms with van der Waals surface area (Å²) < 4.78 is 5.55. The van der Waals surface area contributed by atoms with Crippen LogP contribution in [0.1, 0.15) is 33.3 Å². The Balaban J connectivity index is 1.45. The van der Waals surface area contributed by atoms with E-state index in [-0.39, 0.29) is 5.56 Å². The van der Waals surface area contributed by atoms with E-state index in [0.717, 1.165) is 54.2 Å². The molecule has 4 heterocycles. The number of quaternary nitrogens is 1. The summed E-state index contributed by atoms with van der Waals surface area (Å²) in [7, 11) is 0. The monoisotopic (exact) mass is 398 g/mol. The lowest BCUT2D eigenvalue weighted by atomic mass is 10.2. The summed E-state index contributed by atoms with van der Waals surface area (Å²) in [5.41, 5.74) is 1.25. The maximum atomic E-state index is 12.7. The van der Waals surface area contributed by atoms with E-state index in [4.69, 9.17) is 9.40 Å². The fourth-order valence-electron chi connectivity index (χ4n) is 3.87. The first-order valence-corrected chi connectivity index (χ1v) is 10.9. The van der Waals surface area contributed by atoms with Crippen LogP contribution >= 0.6 is 22.7 Å². The molecule has 0 aromatic carbocycles. The van der Waals surface area contributed by atoms with Gasteiger partial charge in [0, 0.05) is 4.88 Å². The Morgan fingerprint density at radius 1 is 1.19 bits per heavy atom. The minimum Gasteiger partial charge on any atom is -0.463 e. The van der Waals surface area contributed by atoms with Crippen LogP contribution in [-0.2, 0) is 32.5 Å². The van der Waals surface area contributed by atoms with E-state index in [2.05, 4.69) is 22.5 Å². The second-order valence-corrected chi connectivity index (χ2v) is 9.11. The van der Waals surface area contributed by atoms with Crippen molar-refractivity contribution in [2.24, 2.45) is 0 Å². The number of fused-ring (bicyclic) bond motifs is 3. The molecule has 4 aromatic heterocycles. The Morgan fingerprint density at radius 2 is 2.15 bits per heavy atom. The second kappa shape index (κ2) is 7.07. The topological polar surface area (TPSA) is 63.3 Å². The van der Waals surface area contributed by atoms with Crippen LogP contribution in [0.3, 0.4) is 0 Å². The Kier molecular flexibility index (Phi) is 4.43. The number of aromatic nitrogens is 2. The third-order valence-electron chi connectivity index (χ3n) is 5.05. The van der Waals surface area contributed by atoms with Crippen molar-refractivity contribution >= 4 is 32.9 Å². The maximum absolute atomic E-state index is 12.7. The zero-order valence-electron chi connectivity index (χ0n) is 14.8. The van der Waals surface area contributed by atoms with Gasteiger partial charge in [0.15, 0.2) is 11.6 Å². The minimum atomic E-state index is 0.0165. The average molecular weight is 399 g/mol. The van der Waals surface area contributed by atoms with Gasteiger partial charge in [-0.1, -0.05) is 6.07 Å². The van der Waals surface area contributed by atoms with Crippen molar-refractivity contribution in [3.05, 3.63) is 73.2 Å². The van der Waals surface area contributed by atoms with E-state index in [1.54, 1.807) is 28.9 Å². The van der Waals surface area contributed by atoms with Gasteiger partial charge in [-0.3, -0.25) is 4.79 Å². The lowest BCUT2D eigenvalue weighted by molar-refractivity contribution is -0.942. The van der Waals surface area contributed by atoms with E-state index in [1.807, 2.05) is 12.1 Å². The van der Waals surface area contributed by atoms with Crippen LogP contribution in [0.15, 0.2) is 45.1 Å². The van der Waals surface area contributed by atoms with Gasteiger partial charge in [0.05, 0.1) is 16.5 Å². The summed E-state index contributed by atoms with van der Waals surface area (Å²) in [4.78, 5) is 25.4. The molecule has 5 nitrogen and oxygen atoms in total. The molecule has 1 atom stereocenters. The predicted molar refractivity (Wildman–Crippen MR) is 107 cm³/mol. The third kappa shape index (κ3) is 3.38. The molecule has 5 rings (SSSR count). The minimum absolute atomic E-state index is 0.0165. The summed E-state index contributed by atoms with van der Waals surface area (Å²) >= 11 is 3.45. The quantitative estimate of drug-likeness (QED) is 0.525. The number of rotatable bonds is 6. The molecule has 0 saturated carbocycles. The number of aromatic amines is 1. The molecule has 2 N–H and O–H groups in total. The van der Waals surface area contributed by atoms with Gasteiger partial charge in [-0.25, -0.2) is 4.98 Å². The molecule has 0 saturated heterocycles. The summed E-state index contributed by atoms with van der Waals surface area (Å²) in [5, 5.41) is 2.92. The molecule has 1 aliphatic rings. The predicted octanol–water partition coefficient (Wildman–Crippen LogP) is 2.91. The van der Waals surface area contributed by atoms with Crippen molar-refractivity contribution in [2.75, 3.05) is 0 Å². The summed E-state index contributed by atoms with van der Waals surface area (Å²) in [5.74, 6) is 1.70. The van der Waals surface area contributed by atoms with Crippen LogP contribution in [0.5, 0.6) is 0 Å². The van der Waals surface area contributed by atoms with E-state index in [1.165, 1.54) is 20.2 Å². The van der Waals surface area contributed by atoms with Crippen molar-refractivity contribution in [3.8, 4) is 0 Å². The van der Waals surface area contributed by atoms with E-state index < -0.39 is 0 Å². The van der Waals surface area contributed by atoms with Crippen LogP contribution in [-0.4, -0.2) is 9.97 Å². The van der Waals surface area contributed by atoms with Gasteiger partial charge < -0.3 is 14.3 Å². The largest absolute Gasteiger partial charge is 0.463 e. The molecule has 0 radical (unpaired) electrons. The van der Waals surface area contributed by atoms with Gasteiger partial charge in [-0.15, -0.1) is 22.7 Å². The summed E-state index contributed by atoms with van der Waals surface area (Å²) in [6.07, 6.45) is 4.95. The van der Waals surface area contributed by atoms with Gasteiger partial charge in [-0.05, 0) is 48.4 Å². The van der Waals surface area contributed by atoms with Crippen LogP contribution in [0.25, 0.3) is 10.2 Å². The molecular formula is C20H20N3O2S2+. The third-order valence-corrected chi connectivity index (χ3v) is 7.11. The molecule has 0 spiro atoms. The Morgan fingerprint density at radius 3 is 2.96 bits per heavy atom. The number of furan rings is 1. The van der Waals surface area contributed by atoms with Gasteiger partial charge in [0.2, 0.25) is 0 Å². The van der Waals surface area contributed by atoms with Crippen LogP contribution in [0.2, 0.25) is 0 Å². The van der Waals surface area contributed by atoms with Crippen molar-refractivity contribution in [1.82, 2.24) is 9.97 Å². The molecular weight excluding hydrogens is 378 g/mol. The van der Waals surface area contributed by atoms with E-state index >= 15 is 0 Å². The highest BCUT2D eigenvalue weighted by Gasteiger charge is 2.22. The molecule has 1 aliphatic carbocycles. The number of H-pyrrole nitrogens is 1. The number of hydrogen-bond donors (Lipinski definition) is 2. The summed E-state index contributed by atoms with van der Waals surface area (Å²) in [6, 6.07) is 8.13. The van der Waals surface area contributed by atoms with Crippen molar-refractivity contribution < 1.29 is 9.32 Å². The number of nitrogens with one attached hydrogen (secondary N) is 2. The first-order chi connectivity index (χ1) is 13.3. The van der Waals surface area contributed by atoms with Gasteiger partial charge in [0.1, 0.15) is 24.5 Å². The summed E-state index contributed by atoms with van der Waals surface area (Å²) in [6.45, 7) is 2.29. The highest BCUT2D eigenvalue weighted by atomic mass is 32.1. The lowest BCUT2D eigenvalue weighted by Crippen LogP contribution is -3.08. The molecule has 27 heavy (non-hydrogen) atoms. The van der Waals surface area contributed by atoms with Crippen LogP contribution in [0.4, 0.5) is 0 Å². The van der Waals surface area contributed by atoms with Crippen LogP contribution in [0, 0.1) is 0 Å². The molecule has 0 fully saturated rings. The number of hydrogen-bond acceptors (Lipinski definition) is 5. The average Bonchev–Trinajstić information content (AvgIpc) is 3.39. The molecule has 138 valence electrons. The molecule has 0 amide bonds. The highest BCUT2D eigenvalue weighted by Crippen LogP contribution is 2.34. The Bertz CT molecular complexity index is 1070. The standard InChI is InChI=1S/C20H19N3O2S2/c24-19-18-15-6-1-7-16(15)27-20(18)22-17(21-19)12-23(10-13-4-2-8-25-13)11-14-5-3-9-26-14/h2-5,8-9H,1,6-7,10-12H2,(H,21,22,24)/p+1. The first-order valence-electron chi connectivity index (χ1n) is 9.18. The zero-order valence-corrected chi connectivity index (χ0v) is 16.4. The number of aryl methyl sites for hydroxylation is 2. The van der Waals surface area contributed by atoms with Crippen LogP contribution < -0.4 is 10.5 Å². The smallest absolute Gasteiger partial charge is 0.260 e. The molecule has 0 aliphatic heterocycles. The zero-order chi connectivity index (χ0) is 18.2. The van der Waals surface area contributed by atoms with Crippen molar-refractivity contribution in [2.45, 2.75) is 38.9 Å². The number of nitrogens with zero attached hydrogens (tertiary/aromatic N) is 1. The number of thiophene rings is 2. The van der Waals surface area contributed by atoms with Gasteiger partial charge >= 0.3 is 0 Å². The van der Waals surface area contributed by atoms with Crippen molar-refractivity contribution in [1.29, 1.82) is 0 Å². The van der Waals surface area contributed by atoms with E-state index in [0.29, 0.717) is 6.54 Å². The first kappa shape index (κ1) is 16.9. The van der Waals surface area contributed by atoms with E-state index in [9.17, 15) is 4.79 Å². The second-order valence-electron chi connectivity index (χ2n) is 6.99. The normalized spacial score (nSPS) is 14.7. The fourth-order valence-corrected chi connectivity index (χ4v) is 5.93. The Hall–Kier alpha value is -2.22. The maximum Gasteiger partial charge on any atom is 0.260 e. The Labute approximate surface area is 164 Å². The molecule has 4 aromatic rings. The lowest BCUT2D eigenvalue weighted by Gasteiger charge is -2.17. The molecule has 0 bridgehead atoms. The van der Waals surface area contributed by atoms with Crippen molar-refractivity contribution in [3.63, 3.8) is 0 Å². The van der Waals surface area contributed by atoms with Gasteiger partial charge in [0.25, 0.3) is 5.56 Å².